The van der Waals surface area contributed by atoms with Gasteiger partial charge in [0.05, 0.1) is 6.54 Å². The molecule has 0 unspecified atom stereocenters. The van der Waals surface area contributed by atoms with Crippen molar-refractivity contribution in [3.05, 3.63) is 89.2 Å². The van der Waals surface area contributed by atoms with Gasteiger partial charge >= 0.3 is 12.1 Å². The van der Waals surface area contributed by atoms with Gasteiger partial charge in [-0.3, -0.25) is 4.90 Å². The number of benzene rings is 3. The highest BCUT2D eigenvalue weighted by Gasteiger charge is 2.27. The van der Waals surface area contributed by atoms with Crippen molar-refractivity contribution in [2.75, 3.05) is 28.6 Å². The van der Waals surface area contributed by atoms with Crippen molar-refractivity contribution < 1.29 is 14.0 Å². The maximum absolute atomic E-state index is 14.0. The second kappa shape index (κ2) is 9.70. The van der Waals surface area contributed by atoms with E-state index in [1.165, 1.54) is 6.07 Å². The lowest BCUT2D eigenvalue weighted by molar-refractivity contribution is 0.192. The Balaban J connectivity index is 1.44. The summed E-state index contributed by atoms with van der Waals surface area (Å²) in [5, 5.41) is 6.01. The molecule has 0 radical (unpaired) electrons. The molecule has 6 nitrogen and oxygen atoms in total. The van der Waals surface area contributed by atoms with Crippen molar-refractivity contribution in [2.24, 2.45) is 0 Å². The van der Waals surface area contributed by atoms with E-state index in [1.54, 1.807) is 70.5 Å². The molecule has 0 atom stereocenters. The van der Waals surface area contributed by atoms with Crippen LogP contribution < -0.4 is 15.5 Å². The van der Waals surface area contributed by atoms with Crippen LogP contribution in [0, 0.1) is 5.82 Å². The molecule has 0 aromatic heterocycles. The van der Waals surface area contributed by atoms with Crippen molar-refractivity contribution in [2.45, 2.75) is 13.0 Å². The van der Waals surface area contributed by atoms with Crippen molar-refractivity contribution in [3.8, 4) is 0 Å². The van der Waals surface area contributed by atoms with Gasteiger partial charge in [0.25, 0.3) is 0 Å². The topological polar surface area (TPSA) is 64.7 Å². The molecule has 0 spiro atoms. The summed E-state index contributed by atoms with van der Waals surface area (Å²) in [5.74, 6) is -0.325. The Hall–Kier alpha value is -3.58. The van der Waals surface area contributed by atoms with Gasteiger partial charge in [-0.15, -0.1) is 0 Å². The highest BCUT2D eigenvalue weighted by molar-refractivity contribution is 6.30. The van der Waals surface area contributed by atoms with E-state index in [2.05, 4.69) is 10.6 Å². The average molecular weight is 453 g/mol. The highest BCUT2D eigenvalue weighted by atomic mass is 35.5. The van der Waals surface area contributed by atoms with E-state index in [4.69, 9.17) is 11.6 Å². The van der Waals surface area contributed by atoms with Crippen LogP contribution in [0.1, 0.15) is 12.0 Å². The van der Waals surface area contributed by atoms with Crippen LogP contribution in [0.3, 0.4) is 0 Å². The number of anilines is 3. The van der Waals surface area contributed by atoms with Crippen LogP contribution >= 0.6 is 11.6 Å². The molecule has 1 saturated heterocycles. The molecule has 0 bridgehead atoms. The Morgan fingerprint density at radius 3 is 2.41 bits per heavy atom. The zero-order chi connectivity index (χ0) is 22.5. The molecule has 4 amide bonds. The normalized spacial score (nSPS) is 13.8. The third kappa shape index (κ3) is 5.18. The molecule has 0 saturated carbocycles. The first kappa shape index (κ1) is 21.6. The molecule has 0 aliphatic carbocycles. The van der Waals surface area contributed by atoms with Crippen LogP contribution in [-0.2, 0) is 6.54 Å². The van der Waals surface area contributed by atoms with Crippen LogP contribution in [0.25, 0.3) is 0 Å². The van der Waals surface area contributed by atoms with Gasteiger partial charge in [-0.1, -0.05) is 41.9 Å². The smallest absolute Gasteiger partial charge is 0.320 e. The fourth-order valence-electron chi connectivity index (χ4n) is 3.61. The SMILES string of the molecule is O=C(Nc1cccc(Cl)c1)Nc1cccc(N2CCCN(Cc3ccccc3F)C2=O)c1. The van der Waals surface area contributed by atoms with Crippen LogP contribution in [0.2, 0.25) is 5.02 Å². The van der Waals surface area contributed by atoms with Crippen molar-refractivity contribution in [3.63, 3.8) is 0 Å². The minimum absolute atomic E-state index is 0.194. The molecule has 8 heteroatoms. The van der Waals surface area contributed by atoms with Gasteiger partial charge in [0.15, 0.2) is 0 Å². The lowest BCUT2D eigenvalue weighted by Gasteiger charge is -2.36. The molecule has 1 aliphatic heterocycles. The second-order valence-corrected chi connectivity index (χ2v) is 7.88. The molecule has 4 rings (SSSR count). The zero-order valence-electron chi connectivity index (χ0n) is 17.2. The summed E-state index contributed by atoms with van der Waals surface area (Å²) < 4.78 is 14.0. The van der Waals surface area contributed by atoms with E-state index < -0.39 is 6.03 Å². The first-order valence-electron chi connectivity index (χ1n) is 10.2. The van der Waals surface area contributed by atoms with E-state index >= 15 is 0 Å². The third-order valence-corrected chi connectivity index (χ3v) is 5.36. The van der Waals surface area contributed by atoms with Gasteiger partial charge in [0.2, 0.25) is 0 Å². The first-order valence-corrected chi connectivity index (χ1v) is 10.6. The Kier molecular flexibility index (Phi) is 6.56. The fraction of sp³-hybridized carbons (Fsp3) is 0.167. The number of nitrogens with zero attached hydrogens (tertiary/aromatic N) is 2. The highest BCUT2D eigenvalue weighted by Crippen LogP contribution is 2.25. The predicted octanol–water partition coefficient (Wildman–Crippen LogP) is 5.96. The molecule has 1 heterocycles. The number of halogens is 2. The summed E-state index contributed by atoms with van der Waals surface area (Å²) in [6.45, 7) is 1.32. The quantitative estimate of drug-likeness (QED) is 0.502. The van der Waals surface area contributed by atoms with E-state index in [1.807, 2.05) is 6.07 Å². The third-order valence-electron chi connectivity index (χ3n) is 5.13. The van der Waals surface area contributed by atoms with Gasteiger partial charge < -0.3 is 15.5 Å². The Morgan fingerprint density at radius 1 is 0.938 bits per heavy atom. The molecular formula is C24H22ClFN4O2. The molecular weight excluding hydrogens is 431 g/mol. The number of rotatable bonds is 5. The lowest BCUT2D eigenvalue weighted by Crippen LogP contribution is -2.49. The van der Waals surface area contributed by atoms with Crippen molar-refractivity contribution in [1.82, 2.24) is 4.90 Å². The Morgan fingerprint density at radius 2 is 1.66 bits per heavy atom. The number of hydrogen-bond acceptors (Lipinski definition) is 2. The molecule has 3 aromatic rings. The fourth-order valence-corrected chi connectivity index (χ4v) is 3.80. The number of carbonyl (C=O) groups is 2. The molecule has 164 valence electrons. The largest absolute Gasteiger partial charge is 0.324 e. The summed E-state index contributed by atoms with van der Waals surface area (Å²) in [5.41, 5.74) is 2.26. The van der Waals surface area contributed by atoms with E-state index in [0.717, 1.165) is 6.42 Å². The molecule has 1 aliphatic rings. The van der Waals surface area contributed by atoms with Gasteiger partial charge in [-0.25, -0.2) is 14.0 Å². The number of amides is 4. The van der Waals surface area contributed by atoms with Gasteiger partial charge in [0, 0.05) is 40.7 Å². The Bertz CT molecular complexity index is 1140. The first-order chi connectivity index (χ1) is 15.5. The van der Waals surface area contributed by atoms with Gasteiger partial charge in [0.1, 0.15) is 5.82 Å². The maximum atomic E-state index is 14.0. The maximum Gasteiger partial charge on any atom is 0.324 e. The minimum Gasteiger partial charge on any atom is -0.320 e. The van der Waals surface area contributed by atoms with Crippen LogP contribution in [-0.4, -0.2) is 30.1 Å². The van der Waals surface area contributed by atoms with Crippen molar-refractivity contribution in [1.29, 1.82) is 0 Å². The minimum atomic E-state index is -0.421. The predicted molar refractivity (Wildman–Crippen MR) is 125 cm³/mol. The summed E-state index contributed by atoms with van der Waals surface area (Å²) >= 11 is 5.95. The lowest BCUT2D eigenvalue weighted by atomic mass is 10.1. The van der Waals surface area contributed by atoms with Crippen LogP contribution in [0.5, 0.6) is 0 Å². The number of carbonyl (C=O) groups excluding carboxylic acids is 2. The summed E-state index contributed by atoms with van der Waals surface area (Å²) in [7, 11) is 0. The summed E-state index contributed by atoms with van der Waals surface area (Å²) in [6.07, 6.45) is 0.757. The molecule has 32 heavy (non-hydrogen) atoms. The monoisotopic (exact) mass is 452 g/mol. The van der Waals surface area contributed by atoms with E-state index in [0.29, 0.717) is 40.7 Å². The molecule has 1 fully saturated rings. The average Bonchev–Trinajstić information content (AvgIpc) is 2.77. The summed E-state index contributed by atoms with van der Waals surface area (Å²) in [4.78, 5) is 28.7. The Labute approximate surface area is 190 Å². The zero-order valence-corrected chi connectivity index (χ0v) is 18.0. The van der Waals surface area contributed by atoms with Crippen LogP contribution in [0.4, 0.5) is 31.0 Å². The van der Waals surface area contributed by atoms with Gasteiger partial charge in [-0.05, 0) is 48.9 Å². The molecule has 2 N–H and O–H groups in total. The number of nitrogens with one attached hydrogen (secondary N) is 2. The number of urea groups is 2. The number of hydrogen-bond donors (Lipinski definition) is 2. The molecule has 3 aromatic carbocycles. The second-order valence-electron chi connectivity index (χ2n) is 7.44. The van der Waals surface area contributed by atoms with Gasteiger partial charge in [-0.2, -0.15) is 0 Å². The van der Waals surface area contributed by atoms with E-state index in [-0.39, 0.29) is 18.4 Å². The van der Waals surface area contributed by atoms with E-state index in [9.17, 15) is 14.0 Å². The van der Waals surface area contributed by atoms with Crippen molar-refractivity contribution >= 4 is 40.7 Å². The summed E-state index contributed by atoms with van der Waals surface area (Å²) in [6, 6.07) is 19.8. The standard InChI is InChI=1S/C24H22ClFN4O2/c25-18-7-3-8-19(14-18)27-23(31)28-20-9-4-10-21(15-20)30-13-5-12-29(24(30)32)16-17-6-1-2-11-22(17)26/h1-4,6-11,14-15H,5,12-13,16H2,(H2,27,28,31). The van der Waals surface area contributed by atoms with Crippen LogP contribution in [0.15, 0.2) is 72.8 Å².